The average Bonchev–Trinajstić information content (AvgIpc) is 2.69. The molecular weight excluding hydrogens is 433 g/mol. The molecule has 3 aromatic rings. The van der Waals surface area contributed by atoms with Crippen LogP contribution in [0.3, 0.4) is 0 Å². The molecule has 2 amide bonds. The lowest BCUT2D eigenvalue weighted by Crippen LogP contribution is -2.35. The highest BCUT2D eigenvalue weighted by molar-refractivity contribution is 7.91. The van der Waals surface area contributed by atoms with Crippen molar-refractivity contribution < 1.29 is 13.2 Å². The summed E-state index contributed by atoms with van der Waals surface area (Å²) in [4.78, 5) is 16.4. The van der Waals surface area contributed by atoms with Gasteiger partial charge in [-0.25, -0.2) is 13.2 Å². The first-order chi connectivity index (χ1) is 13.9. The predicted molar refractivity (Wildman–Crippen MR) is 114 cm³/mol. The van der Waals surface area contributed by atoms with Crippen molar-refractivity contribution in [2.45, 2.75) is 10.1 Å². The largest absolute Gasteiger partial charge is 0.336 e. The Hall–Kier alpha value is -2.61. The van der Waals surface area contributed by atoms with Gasteiger partial charge in [0.25, 0.3) is 0 Å². The summed E-state index contributed by atoms with van der Waals surface area (Å²) < 4.78 is 26.4. The van der Waals surface area contributed by atoms with Crippen LogP contribution in [0.1, 0.15) is 10.8 Å². The minimum Gasteiger partial charge on any atom is -0.336 e. The van der Waals surface area contributed by atoms with Crippen molar-refractivity contribution >= 4 is 44.8 Å². The Labute approximate surface area is 178 Å². The molecule has 0 spiro atoms. The fourth-order valence-electron chi connectivity index (χ4n) is 2.69. The van der Waals surface area contributed by atoms with Gasteiger partial charge in [-0.15, -0.1) is 0 Å². The molecule has 2 N–H and O–H groups in total. The SMILES string of the molecule is O=C(NCC(c1cccnc1)S(=O)(=O)c1ccc(Cl)cc1)Nc1cccc(Cl)c1. The second-order valence-corrected chi connectivity index (χ2v) is 9.12. The molecule has 3 rings (SSSR count). The molecule has 1 heterocycles. The van der Waals surface area contributed by atoms with Crippen LogP contribution in [0.15, 0.2) is 78.0 Å². The number of aromatic nitrogens is 1. The number of nitrogens with zero attached hydrogens (tertiary/aromatic N) is 1. The summed E-state index contributed by atoms with van der Waals surface area (Å²) in [6.45, 7) is -0.150. The molecule has 0 saturated heterocycles. The second kappa shape index (κ2) is 9.26. The van der Waals surface area contributed by atoms with Crippen LogP contribution in [0, 0.1) is 0 Å². The molecule has 0 aliphatic carbocycles. The molecule has 0 aliphatic heterocycles. The van der Waals surface area contributed by atoms with Crippen molar-refractivity contribution in [2.24, 2.45) is 0 Å². The number of hydrogen-bond acceptors (Lipinski definition) is 4. The van der Waals surface area contributed by atoms with Gasteiger partial charge in [0.05, 0.1) is 4.90 Å². The number of anilines is 1. The van der Waals surface area contributed by atoms with Gasteiger partial charge in [0.1, 0.15) is 5.25 Å². The Morgan fingerprint density at radius 2 is 1.76 bits per heavy atom. The van der Waals surface area contributed by atoms with Crippen molar-refractivity contribution in [3.05, 3.63) is 88.7 Å². The van der Waals surface area contributed by atoms with E-state index in [4.69, 9.17) is 23.2 Å². The highest BCUT2D eigenvalue weighted by atomic mass is 35.5. The Morgan fingerprint density at radius 1 is 1.00 bits per heavy atom. The molecule has 2 aromatic carbocycles. The zero-order chi connectivity index (χ0) is 20.9. The molecule has 0 fully saturated rings. The van der Waals surface area contributed by atoms with Crippen molar-refractivity contribution in [3.63, 3.8) is 0 Å². The molecular formula is C20H17Cl2N3O3S. The van der Waals surface area contributed by atoms with Crippen molar-refractivity contribution in [3.8, 4) is 0 Å². The van der Waals surface area contributed by atoms with Crippen LogP contribution in [0.5, 0.6) is 0 Å². The van der Waals surface area contributed by atoms with E-state index < -0.39 is 21.1 Å². The maximum absolute atomic E-state index is 13.2. The average molecular weight is 450 g/mol. The summed E-state index contributed by atoms with van der Waals surface area (Å²) in [7, 11) is -3.81. The summed E-state index contributed by atoms with van der Waals surface area (Å²) >= 11 is 11.8. The lowest BCUT2D eigenvalue weighted by atomic mass is 10.2. The Kier molecular flexibility index (Phi) is 6.74. The zero-order valence-electron chi connectivity index (χ0n) is 15.0. The number of nitrogens with one attached hydrogen (secondary N) is 2. The smallest absolute Gasteiger partial charge is 0.319 e. The number of carbonyl (C=O) groups is 1. The Bertz CT molecular complexity index is 1090. The third kappa shape index (κ3) is 5.47. The fourth-order valence-corrected chi connectivity index (χ4v) is 4.65. The maximum atomic E-state index is 13.2. The lowest BCUT2D eigenvalue weighted by molar-refractivity contribution is 0.252. The van der Waals surface area contributed by atoms with E-state index in [2.05, 4.69) is 15.6 Å². The minimum absolute atomic E-state index is 0.104. The normalized spacial score (nSPS) is 12.2. The number of pyridine rings is 1. The number of rotatable bonds is 6. The van der Waals surface area contributed by atoms with E-state index >= 15 is 0 Å². The van der Waals surface area contributed by atoms with E-state index in [1.807, 2.05) is 0 Å². The monoisotopic (exact) mass is 449 g/mol. The first-order valence-corrected chi connectivity index (χ1v) is 10.9. The second-order valence-electron chi connectivity index (χ2n) is 6.12. The third-order valence-corrected chi connectivity index (χ3v) is 6.71. The van der Waals surface area contributed by atoms with Gasteiger partial charge in [-0.1, -0.05) is 35.3 Å². The molecule has 0 saturated carbocycles. The van der Waals surface area contributed by atoms with E-state index in [1.54, 1.807) is 42.6 Å². The lowest BCUT2D eigenvalue weighted by Gasteiger charge is -2.19. The van der Waals surface area contributed by atoms with Crippen LogP contribution >= 0.6 is 23.2 Å². The third-order valence-electron chi connectivity index (χ3n) is 4.10. The molecule has 0 radical (unpaired) electrons. The molecule has 1 atom stereocenters. The number of sulfone groups is 1. The van der Waals surface area contributed by atoms with Gasteiger partial charge in [0, 0.05) is 34.7 Å². The quantitative estimate of drug-likeness (QED) is 0.569. The number of benzene rings is 2. The summed E-state index contributed by atoms with van der Waals surface area (Å²) in [5.41, 5.74) is 0.957. The van der Waals surface area contributed by atoms with E-state index in [9.17, 15) is 13.2 Å². The zero-order valence-corrected chi connectivity index (χ0v) is 17.4. The van der Waals surface area contributed by atoms with Crippen LogP contribution in [-0.4, -0.2) is 26.0 Å². The van der Waals surface area contributed by atoms with E-state index in [0.717, 1.165) is 0 Å². The molecule has 1 unspecified atom stereocenters. The van der Waals surface area contributed by atoms with Gasteiger partial charge in [-0.3, -0.25) is 4.98 Å². The standard InChI is InChI=1S/C20H17Cl2N3O3S/c21-15-6-8-18(9-7-15)29(27,28)19(14-3-2-10-23-12-14)13-24-20(26)25-17-5-1-4-16(22)11-17/h1-12,19H,13H2,(H2,24,25,26). The first-order valence-electron chi connectivity index (χ1n) is 8.56. The fraction of sp³-hybridized carbons (Fsp3) is 0.100. The summed E-state index contributed by atoms with van der Waals surface area (Å²) in [6.07, 6.45) is 3.02. The van der Waals surface area contributed by atoms with Crippen molar-refractivity contribution in [2.75, 3.05) is 11.9 Å². The van der Waals surface area contributed by atoms with Crippen molar-refractivity contribution in [1.82, 2.24) is 10.3 Å². The van der Waals surface area contributed by atoms with Gasteiger partial charge < -0.3 is 10.6 Å². The number of halogens is 2. The van der Waals surface area contributed by atoms with Gasteiger partial charge in [-0.05, 0) is 54.1 Å². The van der Waals surface area contributed by atoms with E-state index in [-0.39, 0.29) is 11.4 Å². The maximum Gasteiger partial charge on any atom is 0.319 e. The van der Waals surface area contributed by atoms with Crippen LogP contribution in [0.2, 0.25) is 10.0 Å². The predicted octanol–water partition coefficient (Wildman–Crippen LogP) is 4.73. The molecule has 9 heteroatoms. The van der Waals surface area contributed by atoms with E-state index in [1.165, 1.54) is 30.5 Å². The highest BCUT2D eigenvalue weighted by Gasteiger charge is 2.30. The van der Waals surface area contributed by atoms with Gasteiger partial charge in [0.2, 0.25) is 0 Å². The first kappa shape index (κ1) is 21.1. The molecule has 29 heavy (non-hydrogen) atoms. The molecule has 0 bridgehead atoms. The summed E-state index contributed by atoms with van der Waals surface area (Å²) in [5.74, 6) is 0. The molecule has 1 aromatic heterocycles. The number of urea groups is 1. The van der Waals surface area contributed by atoms with Gasteiger partial charge in [0.15, 0.2) is 9.84 Å². The number of carbonyl (C=O) groups excluding carboxylic acids is 1. The minimum atomic E-state index is -3.81. The van der Waals surface area contributed by atoms with Crippen molar-refractivity contribution in [1.29, 1.82) is 0 Å². The van der Waals surface area contributed by atoms with Crippen LogP contribution in [-0.2, 0) is 9.84 Å². The summed E-state index contributed by atoms with van der Waals surface area (Å²) in [5, 5.41) is 5.12. The molecule has 6 nitrogen and oxygen atoms in total. The Morgan fingerprint density at radius 3 is 2.41 bits per heavy atom. The number of hydrogen-bond donors (Lipinski definition) is 2. The van der Waals surface area contributed by atoms with Crippen LogP contribution in [0.4, 0.5) is 10.5 Å². The summed E-state index contributed by atoms with van der Waals surface area (Å²) in [6, 6.07) is 15.3. The van der Waals surface area contributed by atoms with Gasteiger partial charge in [-0.2, -0.15) is 0 Å². The Balaban J connectivity index is 1.81. The molecule has 0 aliphatic rings. The number of amides is 2. The van der Waals surface area contributed by atoms with E-state index in [0.29, 0.717) is 21.3 Å². The van der Waals surface area contributed by atoms with Gasteiger partial charge >= 0.3 is 6.03 Å². The van der Waals surface area contributed by atoms with Crippen LogP contribution in [0.25, 0.3) is 0 Å². The highest BCUT2D eigenvalue weighted by Crippen LogP contribution is 2.29. The topological polar surface area (TPSA) is 88.2 Å². The van der Waals surface area contributed by atoms with Crippen LogP contribution < -0.4 is 10.6 Å². The molecule has 150 valence electrons.